The van der Waals surface area contributed by atoms with Crippen LogP contribution in [0.2, 0.25) is 0 Å². The van der Waals surface area contributed by atoms with Crippen LogP contribution in [0.25, 0.3) is 0 Å². The number of hydrogen-bond acceptors (Lipinski definition) is 9. The number of aliphatic hydroxyl groups excluding tert-OH is 2. The average molecular weight is 723 g/mol. The van der Waals surface area contributed by atoms with Gasteiger partial charge in [0, 0.05) is 12.8 Å². The molecule has 49 heavy (non-hydrogen) atoms. The van der Waals surface area contributed by atoms with Crippen molar-refractivity contribution in [3.8, 4) is 0 Å². The predicted molar refractivity (Wildman–Crippen MR) is 196 cm³/mol. The number of phosphoric ester groups is 1. The van der Waals surface area contributed by atoms with E-state index in [9.17, 15) is 24.2 Å². The summed E-state index contributed by atoms with van der Waals surface area (Å²) in [5, 5.41) is 18.3. The topological polar surface area (TPSA) is 149 Å². The summed E-state index contributed by atoms with van der Waals surface area (Å²) in [5.41, 5.74) is 0. The van der Waals surface area contributed by atoms with Crippen molar-refractivity contribution in [2.24, 2.45) is 0 Å². The summed E-state index contributed by atoms with van der Waals surface area (Å²) in [6, 6.07) is 0. The van der Waals surface area contributed by atoms with Crippen LogP contribution in [0.5, 0.6) is 0 Å². The summed E-state index contributed by atoms with van der Waals surface area (Å²) in [4.78, 5) is 34.8. The van der Waals surface area contributed by atoms with Crippen LogP contribution in [0.1, 0.15) is 194 Å². The summed E-state index contributed by atoms with van der Waals surface area (Å²) in [7, 11) is -4.60. The molecule has 1 unspecified atom stereocenters. The summed E-state index contributed by atoms with van der Waals surface area (Å²) in [6.45, 7) is 2.39. The Labute approximate surface area is 299 Å². The Morgan fingerprint density at radius 3 is 1.27 bits per heavy atom. The maximum Gasteiger partial charge on any atom is 0.472 e. The van der Waals surface area contributed by atoms with Crippen LogP contribution in [0.4, 0.5) is 0 Å². The normalized spacial score (nSPS) is 14.0. The van der Waals surface area contributed by atoms with E-state index in [1.807, 2.05) is 0 Å². The van der Waals surface area contributed by atoms with Crippen LogP contribution in [0, 0.1) is 0 Å². The number of rotatable bonds is 38. The van der Waals surface area contributed by atoms with E-state index in [2.05, 4.69) is 18.4 Å². The molecule has 10 nitrogen and oxygen atoms in total. The molecule has 0 aliphatic rings. The molecule has 3 atom stereocenters. The molecule has 0 aromatic rings. The number of unbranched alkanes of at least 4 members (excludes halogenated alkanes) is 24. The van der Waals surface area contributed by atoms with Gasteiger partial charge in [0.2, 0.25) is 0 Å². The van der Waals surface area contributed by atoms with Gasteiger partial charge in [-0.1, -0.05) is 168 Å². The Balaban J connectivity index is 4.30. The quantitative estimate of drug-likeness (QED) is 0.0319. The van der Waals surface area contributed by atoms with Gasteiger partial charge in [0.1, 0.15) is 12.7 Å². The van der Waals surface area contributed by atoms with Gasteiger partial charge in [-0.25, -0.2) is 4.57 Å². The van der Waals surface area contributed by atoms with E-state index in [4.69, 9.17) is 19.1 Å². The minimum absolute atomic E-state index is 0.191. The first-order chi connectivity index (χ1) is 23.7. The van der Waals surface area contributed by atoms with E-state index < -0.39 is 51.8 Å². The van der Waals surface area contributed by atoms with Crippen molar-refractivity contribution in [1.29, 1.82) is 0 Å². The van der Waals surface area contributed by atoms with Gasteiger partial charge in [0.15, 0.2) is 6.10 Å². The van der Waals surface area contributed by atoms with Crippen LogP contribution in [-0.4, -0.2) is 65.7 Å². The van der Waals surface area contributed by atoms with E-state index in [1.54, 1.807) is 0 Å². The number of ether oxygens (including phenoxy) is 2. The number of phosphoric acid groups is 1. The molecule has 292 valence electrons. The van der Waals surface area contributed by atoms with Crippen LogP contribution >= 0.6 is 7.82 Å². The minimum Gasteiger partial charge on any atom is -0.462 e. The molecule has 0 fully saturated rings. The zero-order valence-electron chi connectivity index (χ0n) is 31.4. The highest BCUT2D eigenvalue weighted by molar-refractivity contribution is 7.47. The summed E-state index contributed by atoms with van der Waals surface area (Å²) < 4.78 is 32.6. The molecule has 0 radical (unpaired) electrons. The maximum atomic E-state index is 12.5. The zero-order valence-corrected chi connectivity index (χ0v) is 32.3. The lowest BCUT2D eigenvalue weighted by atomic mass is 10.0. The molecule has 0 heterocycles. The summed E-state index contributed by atoms with van der Waals surface area (Å²) >= 11 is 0. The molecule has 0 amide bonds. The van der Waals surface area contributed by atoms with Crippen molar-refractivity contribution in [3.05, 3.63) is 0 Å². The van der Waals surface area contributed by atoms with E-state index in [0.29, 0.717) is 12.8 Å². The van der Waals surface area contributed by atoms with Crippen molar-refractivity contribution in [1.82, 2.24) is 0 Å². The minimum atomic E-state index is -4.60. The second kappa shape index (κ2) is 35.4. The fraction of sp³-hybridized carbons (Fsp3) is 0.947. The molecule has 0 aromatic heterocycles. The van der Waals surface area contributed by atoms with Gasteiger partial charge < -0.3 is 24.6 Å². The predicted octanol–water partition coefficient (Wildman–Crippen LogP) is 9.89. The third-order valence-electron chi connectivity index (χ3n) is 8.76. The maximum absolute atomic E-state index is 12.5. The highest BCUT2D eigenvalue weighted by Crippen LogP contribution is 2.43. The SMILES string of the molecule is CCCCCCCCCCCCCCCCC(=O)OC[C@H](COP(=O)(O)OC[C@@H](O)CO)OC(=O)CCCCCCCCCCCCCC. The van der Waals surface area contributed by atoms with E-state index in [-0.39, 0.29) is 19.4 Å². The standard InChI is InChI=1S/C38H75O10P/c1-3-5-7-9-11-13-15-17-18-20-21-23-25-27-29-37(41)45-33-36(34-47-49(43,44)46-32-35(40)31-39)48-38(42)30-28-26-24-22-19-16-14-12-10-8-6-4-2/h35-36,39-40H,3-34H2,1-2H3,(H,43,44)/t35-,36+/m0/s1. The Morgan fingerprint density at radius 2 is 0.878 bits per heavy atom. The second-order valence-electron chi connectivity index (χ2n) is 13.7. The second-order valence-corrected chi connectivity index (χ2v) is 15.1. The van der Waals surface area contributed by atoms with Crippen molar-refractivity contribution in [2.45, 2.75) is 206 Å². The molecule has 0 bridgehead atoms. The fourth-order valence-electron chi connectivity index (χ4n) is 5.64. The lowest BCUT2D eigenvalue weighted by Gasteiger charge is -2.20. The first-order valence-electron chi connectivity index (χ1n) is 20.0. The first-order valence-corrected chi connectivity index (χ1v) is 21.5. The van der Waals surface area contributed by atoms with Gasteiger partial charge >= 0.3 is 19.8 Å². The number of esters is 2. The zero-order chi connectivity index (χ0) is 36.3. The molecular formula is C38H75O10P. The van der Waals surface area contributed by atoms with Crippen molar-refractivity contribution in [2.75, 3.05) is 26.4 Å². The lowest BCUT2D eigenvalue weighted by molar-refractivity contribution is -0.161. The summed E-state index contributed by atoms with van der Waals surface area (Å²) in [5.74, 6) is -0.913. The molecule has 0 aromatic carbocycles. The number of carbonyl (C=O) groups is 2. The third-order valence-corrected chi connectivity index (χ3v) is 9.71. The van der Waals surface area contributed by atoms with Crippen molar-refractivity contribution in [3.63, 3.8) is 0 Å². The number of aliphatic hydroxyl groups is 2. The Hall–Kier alpha value is -1.03. The Kier molecular flexibility index (Phi) is 34.6. The molecule has 0 spiro atoms. The molecule has 0 saturated heterocycles. The Morgan fingerprint density at radius 1 is 0.531 bits per heavy atom. The third kappa shape index (κ3) is 35.2. The van der Waals surface area contributed by atoms with Gasteiger partial charge in [-0.15, -0.1) is 0 Å². The molecule has 3 N–H and O–H groups in total. The smallest absolute Gasteiger partial charge is 0.462 e. The van der Waals surface area contributed by atoms with Crippen LogP contribution in [-0.2, 0) is 32.7 Å². The van der Waals surface area contributed by atoms with Gasteiger partial charge in [-0.2, -0.15) is 0 Å². The number of carbonyl (C=O) groups excluding carboxylic acids is 2. The molecule has 0 aliphatic heterocycles. The Bertz CT molecular complexity index is 796. The van der Waals surface area contributed by atoms with Gasteiger partial charge in [-0.05, 0) is 12.8 Å². The average Bonchev–Trinajstić information content (AvgIpc) is 3.09. The molecule has 0 saturated carbocycles. The van der Waals surface area contributed by atoms with Crippen molar-refractivity contribution >= 4 is 19.8 Å². The van der Waals surface area contributed by atoms with Crippen LogP contribution in [0.3, 0.4) is 0 Å². The molecule has 11 heteroatoms. The first kappa shape index (κ1) is 48.0. The van der Waals surface area contributed by atoms with Gasteiger partial charge in [0.25, 0.3) is 0 Å². The lowest BCUT2D eigenvalue weighted by Crippen LogP contribution is -2.29. The van der Waals surface area contributed by atoms with E-state index in [0.717, 1.165) is 32.1 Å². The van der Waals surface area contributed by atoms with Gasteiger partial charge in [0.05, 0.1) is 19.8 Å². The van der Waals surface area contributed by atoms with Crippen LogP contribution in [0.15, 0.2) is 0 Å². The van der Waals surface area contributed by atoms with Crippen LogP contribution < -0.4 is 0 Å². The van der Waals surface area contributed by atoms with Crippen molar-refractivity contribution < 1.29 is 47.8 Å². The van der Waals surface area contributed by atoms with E-state index in [1.165, 1.54) is 122 Å². The van der Waals surface area contributed by atoms with E-state index >= 15 is 0 Å². The molecule has 0 rings (SSSR count). The highest BCUT2D eigenvalue weighted by Gasteiger charge is 2.27. The number of hydrogen-bond donors (Lipinski definition) is 3. The fourth-order valence-corrected chi connectivity index (χ4v) is 6.43. The molecule has 0 aliphatic carbocycles. The largest absolute Gasteiger partial charge is 0.472 e. The summed E-state index contributed by atoms with van der Waals surface area (Å²) in [6.07, 6.45) is 29.2. The molecular weight excluding hydrogens is 647 g/mol. The monoisotopic (exact) mass is 723 g/mol. The van der Waals surface area contributed by atoms with Gasteiger partial charge in [-0.3, -0.25) is 18.6 Å². The highest BCUT2D eigenvalue weighted by atomic mass is 31.2.